The molecule has 0 fully saturated rings. The van der Waals surface area contributed by atoms with Crippen LogP contribution in [0.25, 0.3) is 0 Å². The Labute approximate surface area is 125 Å². The number of benzene rings is 1. The van der Waals surface area contributed by atoms with Gasteiger partial charge in [-0.25, -0.2) is 0 Å². The van der Waals surface area contributed by atoms with Crippen LogP contribution in [0.2, 0.25) is 0 Å². The van der Waals surface area contributed by atoms with Crippen LogP contribution in [0.3, 0.4) is 0 Å². The number of carbonyl (C=O) groups excluding carboxylic acids is 2. The molecular weight excluding hydrogens is 266 g/mol. The van der Waals surface area contributed by atoms with Gasteiger partial charge in [-0.3, -0.25) is 9.59 Å². The number of nitrogens with zero attached hydrogens (tertiary/aromatic N) is 1. The van der Waals surface area contributed by atoms with Crippen LogP contribution in [-0.4, -0.2) is 11.8 Å². The molecule has 0 aliphatic heterocycles. The van der Waals surface area contributed by atoms with Gasteiger partial charge in [-0.2, -0.15) is 5.26 Å². The Morgan fingerprint density at radius 2 is 1.86 bits per heavy atom. The average molecular weight is 287 g/mol. The van der Waals surface area contributed by atoms with E-state index in [-0.39, 0.29) is 11.8 Å². The van der Waals surface area contributed by atoms with Crippen molar-refractivity contribution in [3.8, 4) is 6.07 Å². The number of hydrogen-bond acceptors (Lipinski definition) is 3. The molecule has 0 aromatic heterocycles. The normalized spacial score (nSPS) is 10.6. The monoisotopic (exact) mass is 287 g/mol. The molecule has 0 saturated heterocycles. The molecule has 1 aromatic carbocycles. The van der Waals surface area contributed by atoms with Crippen molar-refractivity contribution in [3.05, 3.63) is 29.8 Å². The maximum atomic E-state index is 11.8. The quantitative estimate of drug-likeness (QED) is 0.843. The Morgan fingerprint density at radius 3 is 2.38 bits per heavy atom. The number of hydrogen-bond donors (Lipinski definition) is 2. The molecule has 0 heterocycles. The predicted molar refractivity (Wildman–Crippen MR) is 81.2 cm³/mol. The van der Waals surface area contributed by atoms with Crippen LogP contribution in [0.5, 0.6) is 0 Å². The molecule has 112 valence electrons. The fourth-order valence-corrected chi connectivity index (χ4v) is 1.61. The van der Waals surface area contributed by atoms with E-state index in [9.17, 15) is 9.59 Å². The number of carbonyl (C=O) groups is 2. The van der Waals surface area contributed by atoms with Crippen molar-refractivity contribution in [3.63, 3.8) is 0 Å². The maximum Gasteiger partial charge on any atom is 0.240 e. The summed E-state index contributed by atoms with van der Waals surface area (Å²) in [5.41, 5.74) is 0.611. The molecule has 0 aliphatic carbocycles. The third kappa shape index (κ3) is 5.27. The first-order valence-electron chi connectivity index (χ1n) is 6.97. The van der Waals surface area contributed by atoms with Crippen LogP contribution in [0.4, 0.5) is 5.69 Å². The molecule has 0 unspecified atom stereocenters. The van der Waals surface area contributed by atoms with Crippen LogP contribution in [-0.2, 0) is 16.1 Å². The molecule has 0 radical (unpaired) electrons. The molecule has 0 spiro atoms. The molecule has 5 heteroatoms. The van der Waals surface area contributed by atoms with Crippen molar-refractivity contribution in [2.45, 2.75) is 40.2 Å². The van der Waals surface area contributed by atoms with Crippen LogP contribution >= 0.6 is 0 Å². The Morgan fingerprint density at radius 1 is 1.24 bits per heavy atom. The maximum absolute atomic E-state index is 11.8. The van der Waals surface area contributed by atoms with Crippen molar-refractivity contribution in [2.24, 2.45) is 5.41 Å². The summed E-state index contributed by atoms with van der Waals surface area (Å²) in [4.78, 5) is 23.2. The number of rotatable bonds is 6. The molecule has 0 bridgehead atoms. The topological polar surface area (TPSA) is 82.0 Å². The highest BCUT2D eigenvalue weighted by molar-refractivity contribution is 5.90. The fraction of sp³-hybridized carbons (Fsp3) is 0.438. The van der Waals surface area contributed by atoms with Gasteiger partial charge >= 0.3 is 0 Å². The van der Waals surface area contributed by atoms with Crippen LogP contribution < -0.4 is 10.6 Å². The van der Waals surface area contributed by atoms with Crippen LogP contribution in [0.15, 0.2) is 24.3 Å². The van der Waals surface area contributed by atoms with E-state index < -0.39 is 5.41 Å². The van der Waals surface area contributed by atoms with Crippen molar-refractivity contribution >= 4 is 17.5 Å². The minimum atomic E-state index is -1.03. The summed E-state index contributed by atoms with van der Waals surface area (Å²) < 4.78 is 0. The first-order valence-corrected chi connectivity index (χ1v) is 6.97. The predicted octanol–water partition coefficient (Wildman–Crippen LogP) is 2.59. The van der Waals surface area contributed by atoms with Gasteiger partial charge in [0.05, 0.1) is 6.07 Å². The van der Waals surface area contributed by atoms with E-state index in [2.05, 4.69) is 10.6 Å². The summed E-state index contributed by atoms with van der Waals surface area (Å²) in [6, 6.07) is 9.22. The zero-order chi connectivity index (χ0) is 15.9. The van der Waals surface area contributed by atoms with Gasteiger partial charge in [-0.1, -0.05) is 19.1 Å². The molecule has 2 N–H and O–H groups in total. The van der Waals surface area contributed by atoms with E-state index in [1.807, 2.05) is 25.1 Å². The smallest absolute Gasteiger partial charge is 0.240 e. The average Bonchev–Trinajstić information content (AvgIpc) is 2.46. The van der Waals surface area contributed by atoms with Gasteiger partial charge in [0.1, 0.15) is 5.41 Å². The molecule has 0 saturated carbocycles. The van der Waals surface area contributed by atoms with Gasteiger partial charge in [-0.15, -0.1) is 0 Å². The van der Waals surface area contributed by atoms with Gasteiger partial charge < -0.3 is 10.6 Å². The highest BCUT2D eigenvalue weighted by atomic mass is 16.2. The van der Waals surface area contributed by atoms with Crippen molar-refractivity contribution in [1.29, 1.82) is 5.26 Å². The van der Waals surface area contributed by atoms with E-state index in [0.717, 1.165) is 17.7 Å². The molecule has 1 aromatic rings. The third-order valence-electron chi connectivity index (χ3n) is 3.01. The number of nitrogens with one attached hydrogen (secondary N) is 2. The van der Waals surface area contributed by atoms with E-state index in [4.69, 9.17) is 5.26 Å². The molecule has 5 nitrogen and oxygen atoms in total. The van der Waals surface area contributed by atoms with Crippen LogP contribution in [0, 0.1) is 16.7 Å². The lowest BCUT2D eigenvalue weighted by Crippen LogP contribution is -2.35. The van der Waals surface area contributed by atoms with Crippen LogP contribution in [0.1, 0.15) is 39.2 Å². The number of amides is 2. The first-order chi connectivity index (χ1) is 9.89. The first kappa shape index (κ1) is 16.7. The SMILES string of the molecule is CCCC(=O)Nc1ccc(CNC(=O)C(C)(C)C#N)cc1. The second-order valence-corrected chi connectivity index (χ2v) is 5.41. The third-order valence-corrected chi connectivity index (χ3v) is 3.01. The highest BCUT2D eigenvalue weighted by Gasteiger charge is 2.26. The Hall–Kier alpha value is -2.35. The van der Waals surface area contributed by atoms with Gasteiger partial charge in [0.2, 0.25) is 11.8 Å². The largest absolute Gasteiger partial charge is 0.351 e. The molecule has 21 heavy (non-hydrogen) atoms. The lowest BCUT2D eigenvalue weighted by atomic mass is 9.95. The number of anilines is 1. The van der Waals surface area contributed by atoms with Crippen molar-refractivity contribution in [2.75, 3.05) is 5.32 Å². The Balaban J connectivity index is 2.54. The minimum absolute atomic E-state index is 0.00526. The van der Waals surface area contributed by atoms with Gasteiger partial charge in [0.25, 0.3) is 0 Å². The van der Waals surface area contributed by atoms with E-state index in [1.54, 1.807) is 26.0 Å². The molecule has 1 rings (SSSR count). The lowest BCUT2D eigenvalue weighted by Gasteiger charge is -2.15. The molecule has 0 atom stereocenters. The Bertz CT molecular complexity index is 542. The molecular formula is C16H21N3O2. The highest BCUT2D eigenvalue weighted by Crippen LogP contribution is 2.14. The van der Waals surface area contributed by atoms with E-state index in [1.165, 1.54) is 0 Å². The van der Waals surface area contributed by atoms with Gasteiger partial charge in [0, 0.05) is 18.7 Å². The lowest BCUT2D eigenvalue weighted by molar-refractivity contribution is -0.127. The second kappa shape index (κ2) is 7.44. The van der Waals surface area contributed by atoms with E-state index >= 15 is 0 Å². The van der Waals surface area contributed by atoms with Gasteiger partial charge in [0.15, 0.2) is 0 Å². The molecule has 2 amide bonds. The zero-order valence-corrected chi connectivity index (χ0v) is 12.7. The second-order valence-electron chi connectivity index (χ2n) is 5.41. The zero-order valence-electron chi connectivity index (χ0n) is 12.7. The van der Waals surface area contributed by atoms with Crippen molar-refractivity contribution < 1.29 is 9.59 Å². The fourth-order valence-electron chi connectivity index (χ4n) is 1.61. The van der Waals surface area contributed by atoms with E-state index in [0.29, 0.717) is 13.0 Å². The van der Waals surface area contributed by atoms with Gasteiger partial charge in [-0.05, 0) is 38.0 Å². The Kier molecular flexibility index (Phi) is 5.92. The summed E-state index contributed by atoms with van der Waals surface area (Å²) >= 11 is 0. The standard InChI is InChI=1S/C16H21N3O2/c1-4-5-14(20)19-13-8-6-12(7-9-13)10-18-15(21)16(2,3)11-17/h6-9H,4-5,10H2,1-3H3,(H,18,21)(H,19,20). The van der Waals surface area contributed by atoms with Crippen molar-refractivity contribution in [1.82, 2.24) is 5.32 Å². The summed E-state index contributed by atoms with van der Waals surface area (Å²) in [5, 5.41) is 14.4. The summed E-state index contributed by atoms with van der Waals surface area (Å²) in [5.74, 6) is -0.306. The summed E-state index contributed by atoms with van der Waals surface area (Å²) in [6.45, 7) is 5.46. The molecule has 0 aliphatic rings. The number of nitriles is 1. The summed E-state index contributed by atoms with van der Waals surface area (Å²) in [6.07, 6.45) is 1.31. The minimum Gasteiger partial charge on any atom is -0.351 e. The summed E-state index contributed by atoms with van der Waals surface area (Å²) in [7, 11) is 0.